The van der Waals surface area contributed by atoms with E-state index in [9.17, 15) is 4.79 Å². The van der Waals surface area contributed by atoms with Gasteiger partial charge in [0.05, 0.1) is 17.1 Å². The Morgan fingerprint density at radius 2 is 2.12 bits per heavy atom. The fourth-order valence-corrected chi connectivity index (χ4v) is 3.33. The van der Waals surface area contributed by atoms with Gasteiger partial charge in [-0.3, -0.25) is 0 Å². The minimum Gasteiger partial charge on any atom is -0.443 e. The van der Waals surface area contributed by atoms with E-state index in [1.54, 1.807) is 29.7 Å². The van der Waals surface area contributed by atoms with E-state index in [2.05, 4.69) is 15.6 Å². The molecule has 5 nitrogen and oxygen atoms in total. The second-order valence-corrected chi connectivity index (χ2v) is 7.01. The topological polar surface area (TPSA) is 67.2 Å². The molecule has 0 fully saturated rings. The molecule has 3 rings (SSSR count). The molecule has 0 spiro atoms. The van der Waals surface area contributed by atoms with Crippen LogP contribution in [0.15, 0.2) is 46.4 Å². The Labute approximate surface area is 159 Å². The zero-order chi connectivity index (χ0) is 17.6. The van der Waals surface area contributed by atoms with Crippen LogP contribution in [0, 0.1) is 0 Å². The van der Waals surface area contributed by atoms with Crippen LogP contribution in [-0.4, -0.2) is 17.6 Å². The van der Waals surface area contributed by atoms with Crippen LogP contribution in [0.2, 0.25) is 10.0 Å². The van der Waals surface area contributed by atoms with Crippen LogP contribution >= 0.6 is 34.5 Å². The molecule has 3 aromatic rings. The number of hydrogen-bond acceptors (Lipinski definition) is 4. The van der Waals surface area contributed by atoms with E-state index in [0.717, 1.165) is 10.4 Å². The number of nitrogens with one attached hydrogen (secondary N) is 2. The number of aromatic nitrogens is 1. The number of carbonyl (C=O) groups excluding carboxylic acids is 1. The number of carbonyl (C=O) groups is 1. The third-order valence-electron chi connectivity index (χ3n) is 3.41. The van der Waals surface area contributed by atoms with E-state index in [4.69, 9.17) is 27.6 Å². The van der Waals surface area contributed by atoms with Gasteiger partial charge in [0.25, 0.3) is 0 Å². The molecule has 0 unspecified atom stereocenters. The van der Waals surface area contributed by atoms with Crippen molar-refractivity contribution < 1.29 is 9.21 Å². The summed E-state index contributed by atoms with van der Waals surface area (Å²) >= 11 is 13.5. The number of thiophene rings is 1. The third kappa shape index (κ3) is 4.98. The molecule has 0 aliphatic carbocycles. The van der Waals surface area contributed by atoms with E-state index in [1.165, 1.54) is 0 Å². The Balaban J connectivity index is 1.42. The first kappa shape index (κ1) is 17.8. The van der Waals surface area contributed by atoms with Gasteiger partial charge in [0.2, 0.25) is 5.89 Å². The predicted octanol–water partition coefficient (Wildman–Crippen LogP) is 4.75. The second kappa shape index (κ2) is 8.38. The van der Waals surface area contributed by atoms with Crippen molar-refractivity contribution in [2.24, 2.45) is 0 Å². The maximum Gasteiger partial charge on any atom is 0.315 e. The standard InChI is InChI=1S/C17H15Cl2N3O2S/c18-12-4-3-11(14(19)8-12)5-6-20-17(23)21-9-13-10-24-16(22-13)15-2-1-7-25-15/h1-4,7-8,10H,5-6,9H2,(H2,20,21,23). The molecule has 2 N–H and O–H groups in total. The Morgan fingerprint density at radius 3 is 2.88 bits per heavy atom. The number of halogens is 2. The van der Waals surface area contributed by atoms with Crippen molar-refractivity contribution in [3.8, 4) is 10.8 Å². The van der Waals surface area contributed by atoms with Crippen molar-refractivity contribution in [2.45, 2.75) is 13.0 Å². The van der Waals surface area contributed by atoms with Crippen LogP contribution in [0.3, 0.4) is 0 Å². The fourth-order valence-electron chi connectivity index (χ4n) is 2.17. The Kier molecular flexibility index (Phi) is 5.96. The van der Waals surface area contributed by atoms with Crippen molar-refractivity contribution in [3.05, 3.63) is 63.3 Å². The van der Waals surface area contributed by atoms with Crippen LogP contribution in [0.25, 0.3) is 10.8 Å². The van der Waals surface area contributed by atoms with E-state index in [0.29, 0.717) is 41.1 Å². The number of urea groups is 1. The largest absolute Gasteiger partial charge is 0.443 e. The number of hydrogen-bond donors (Lipinski definition) is 2. The Hall–Kier alpha value is -2.02. The molecule has 25 heavy (non-hydrogen) atoms. The quantitative estimate of drug-likeness (QED) is 0.632. The summed E-state index contributed by atoms with van der Waals surface area (Å²) in [6.07, 6.45) is 2.17. The molecule has 0 radical (unpaired) electrons. The summed E-state index contributed by atoms with van der Waals surface area (Å²) in [5.41, 5.74) is 1.60. The highest BCUT2D eigenvalue weighted by molar-refractivity contribution is 7.13. The van der Waals surface area contributed by atoms with Gasteiger partial charge in [0.15, 0.2) is 0 Å². The summed E-state index contributed by atoms with van der Waals surface area (Å²) in [6.45, 7) is 0.759. The van der Waals surface area contributed by atoms with Gasteiger partial charge in [-0.05, 0) is 35.6 Å². The summed E-state index contributed by atoms with van der Waals surface area (Å²) in [5, 5.41) is 8.67. The number of oxazole rings is 1. The first-order chi connectivity index (χ1) is 12.1. The van der Waals surface area contributed by atoms with Crippen molar-refractivity contribution in [1.82, 2.24) is 15.6 Å². The second-order valence-electron chi connectivity index (χ2n) is 5.22. The summed E-state index contributed by atoms with van der Waals surface area (Å²) in [5.74, 6) is 0.560. The molecule has 2 heterocycles. The number of amides is 2. The molecule has 0 aliphatic rings. The number of nitrogens with zero attached hydrogens (tertiary/aromatic N) is 1. The van der Waals surface area contributed by atoms with Gasteiger partial charge >= 0.3 is 6.03 Å². The Bertz CT molecular complexity index is 849. The lowest BCUT2D eigenvalue weighted by atomic mass is 10.1. The highest BCUT2D eigenvalue weighted by atomic mass is 35.5. The van der Waals surface area contributed by atoms with Crippen molar-refractivity contribution in [1.29, 1.82) is 0 Å². The molecule has 130 valence electrons. The molecule has 0 atom stereocenters. The maximum atomic E-state index is 11.8. The van der Waals surface area contributed by atoms with Crippen molar-refractivity contribution in [2.75, 3.05) is 6.54 Å². The molecule has 0 bridgehead atoms. The van der Waals surface area contributed by atoms with Gasteiger partial charge in [-0.25, -0.2) is 9.78 Å². The molecule has 0 aliphatic heterocycles. The van der Waals surface area contributed by atoms with Crippen molar-refractivity contribution >= 4 is 40.6 Å². The van der Waals surface area contributed by atoms with Gasteiger partial charge in [0.1, 0.15) is 6.26 Å². The monoisotopic (exact) mass is 395 g/mol. The van der Waals surface area contributed by atoms with Gasteiger partial charge < -0.3 is 15.1 Å². The van der Waals surface area contributed by atoms with Crippen LogP contribution in [0.4, 0.5) is 4.79 Å². The average molecular weight is 396 g/mol. The lowest BCUT2D eigenvalue weighted by Gasteiger charge is -2.07. The average Bonchev–Trinajstić information content (AvgIpc) is 3.26. The highest BCUT2D eigenvalue weighted by Crippen LogP contribution is 2.23. The molecule has 8 heteroatoms. The van der Waals surface area contributed by atoms with Crippen LogP contribution < -0.4 is 10.6 Å². The SMILES string of the molecule is O=C(NCCc1ccc(Cl)cc1Cl)NCc1coc(-c2cccs2)n1. The predicted molar refractivity (Wildman–Crippen MR) is 100 cm³/mol. The van der Waals surface area contributed by atoms with E-state index >= 15 is 0 Å². The van der Waals surface area contributed by atoms with Crippen LogP contribution in [-0.2, 0) is 13.0 Å². The molecule has 1 aromatic carbocycles. The van der Waals surface area contributed by atoms with Gasteiger partial charge in [-0.2, -0.15) is 0 Å². The fraction of sp³-hybridized carbons (Fsp3) is 0.176. The lowest BCUT2D eigenvalue weighted by Crippen LogP contribution is -2.36. The van der Waals surface area contributed by atoms with Gasteiger partial charge in [-0.1, -0.05) is 35.3 Å². The maximum absolute atomic E-state index is 11.8. The molecular weight excluding hydrogens is 381 g/mol. The molecular formula is C17H15Cl2N3O2S. The molecule has 2 aromatic heterocycles. The molecule has 0 saturated heterocycles. The first-order valence-corrected chi connectivity index (χ1v) is 9.19. The van der Waals surface area contributed by atoms with E-state index < -0.39 is 0 Å². The van der Waals surface area contributed by atoms with Gasteiger partial charge in [-0.15, -0.1) is 11.3 Å². The van der Waals surface area contributed by atoms with Crippen LogP contribution in [0.1, 0.15) is 11.3 Å². The minimum atomic E-state index is -0.272. The smallest absolute Gasteiger partial charge is 0.315 e. The normalized spacial score (nSPS) is 10.6. The number of rotatable bonds is 6. The Morgan fingerprint density at radius 1 is 1.24 bits per heavy atom. The minimum absolute atomic E-state index is 0.272. The molecule has 0 saturated carbocycles. The lowest BCUT2D eigenvalue weighted by molar-refractivity contribution is 0.240. The van der Waals surface area contributed by atoms with Crippen LogP contribution in [0.5, 0.6) is 0 Å². The van der Waals surface area contributed by atoms with Crippen molar-refractivity contribution in [3.63, 3.8) is 0 Å². The zero-order valence-corrected chi connectivity index (χ0v) is 15.4. The first-order valence-electron chi connectivity index (χ1n) is 7.56. The summed E-state index contributed by atoms with van der Waals surface area (Å²) in [6, 6.07) is 8.91. The summed E-state index contributed by atoms with van der Waals surface area (Å²) in [4.78, 5) is 17.1. The third-order valence-corrected chi connectivity index (χ3v) is 4.85. The van der Waals surface area contributed by atoms with E-state index in [1.807, 2.05) is 23.6 Å². The summed E-state index contributed by atoms with van der Waals surface area (Å²) < 4.78 is 5.41. The van der Waals surface area contributed by atoms with E-state index in [-0.39, 0.29) is 6.03 Å². The highest BCUT2D eigenvalue weighted by Gasteiger charge is 2.09. The summed E-state index contributed by atoms with van der Waals surface area (Å²) in [7, 11) is 0. The zero-order valence-electron chi connectivity index (χ0n) is 13.1. The molecule has 2 amide bonds. The number of benzene rings is 1. The van der Waals surface area contributed by atoms with Gasteiger partial charge in [0, 0.05) is 16.6 Å².